The van der Waals surface area contributed by atoms with Gasteiger partial charge in [0.1, 0.15) is 11.5 Å². The lowest BCUT2D eigenvalue weighted by Gasteiger charge is -2.24. The fourth-order valence-corrected chi connectivity index (χ4v) is 4.41. The van der Waals surface area contributed by atoms with Gasteiger partial charge in [-0.2, -0.15) is 0 Å². The number of benzene rings is 1. The molecule has 1 fully saturated rings. The molecule has 1 saturated heterocycles. The average molecular weight is 418 g/mol. The third-order valence-corrected chi connectivity index (χ3v) is 6.11. The summed E-state index contributed by atoms with van der Waals surface area (Å²) in [7, 11) is 7.11. The summed E-state index contributed by atoms with van der Waals surface area (Å²) in [4.78, 5) is 30.3. The van der Waals surface area contributed by atoms with E-state index in [0.29, 0.717) is 30.3 Å². The van der Waals surface area contributed by atoms with Gasteiger partial charge < -0.3 is 24.6 Å². The van der Waals surface area contributed by atoms with E-state index in [1.54, 1.807) is 48.7 Å². The van der Waals surface area contributed by atoms with Crippen molar-refractivity contribution in [3.05, 3.63) is 40.6 Å². The van der Waals surface area contributed by atoms with Crippen molar-refractivity contribution in [2.75, 3.05) is 46.3 Å². The summed E-state index contributed by atoms with van der Waals surface area (Å²) >= 11 is 1.67. The fraction of sp³-hybridized carbons (Fsp3) is 0.429. The summed E-state index contributed by atoms with van der Waals surface area (Å²) in [6.07, 6.45) is 0.178. The Kier molecular flexibility index (Phi) is 6.76. The molecule has 0 spiro atoms. The average Bonchev–Trinajstić information content (AvgIpc) is 3.37. The topological polar surface area (TPSA) is 71.1 Å². The number of nitrogens with one attached hydrogen (secondary N) is 1. The molecule has 1 aromatic carbocycles. The zero-order chi connectivity index (χ0) is 21.0. The van der Waals surface area contributed by atoms with E-state index in [9.17, 15) is 9.59 Å². The van der Waals surface area contributed by atoms with Gasteiger partial charge in [-0.25, -0.2) is 0 Å². The maximum atomic E-state index is 12.8. The van der Waals surface area contributed by atoms with Crippen molar-refractivity contribution in [3.8, 4) is 11.5 Å². The number of nitrogens with zero attached hydrogens (tertiary/aromatic N) is 2. The lowest BCUT2D eigenvalue weighted by Crippen LogP contribution is -2.38. The van der Waals surface area contributed by atoms with Crippen molar-refractivity contribution in [1.29, 1.82) is 0 Å². The molecule has 0 saturated carbocycles. The predicted molar refractivity (Wildman–Crippen MR) is 114 cm³/mol. The van der Waals surface area contributed by atoms with Gasteiger partial charge in [0, 0.05) is 30.5 Å². The maximum Gasteiger partial charge on any atom is 0.227 e. The summed E-state index contributed by atoms with van der Waals surface area (Å²) < 4.78 is 10.7. The van der Waals surface area contributed by atoms with Gasteiger partial charge in [0.25, 0.3) is 0 Å². The Hall–Kier alpha value is -2.58. The minimum atomic E-state index is -0.399. The summed E-state index contributed by atoms with van der Waals surface area (Å²) in [5.41, 5.74) is 0.622. The molecule has 1 aliphatic rings. The molecular formula is C21H27N3O4S. The van der Waals surface area contributed by atoms with Crippen LogP contribution in [0.5, 0.6) is 11.5 Å². The summed E-state index contributed by atoms with van der Waals surface area (Å²) in [6.45, 7) is 0.819. The predicted octanol–water partition coefficient (Wildman–Crippen LogP) is 2.54. The van der Waals surface area contributed by atoms with E-state index in [0.717, 1.165) is 0 Å². The Morgan fingerprint density at radius 3 is 2.72 bits per heavy atom. The molecule has 1 aliphatic heterocycles. The van der Waals surface area contributed by atoms with E-state index in [4.69, 9.17) is 9.47 Å². The summed E-state index contributed by atoms with van der Waals surface area (Å²) in [5.74, 6) is 0.603. The van der Waals surface area contributed by atoms with Crippen LogP contribution in [0.4, 0.5) is 5.69 Å². The van der Waals surface area contributed by atoms with Gasteiger partial charge in [-0.1, -0.05) is 6.07 Å². The van der Waals surface area contributed by atoms with Gasteiger partial charge in [0.15, 0.2) is 0 Å². The van der Waals surface area contributed by atoms with Crippen LogP contribution in [0.25, 0.3) is 0 Å². The van der Waals surface area contributed by atoms with Crippen LogP contribution in [0.1, 0.15) is 17.3 Å². The minimum absolute atomic E-state index is 0.0980. The van der Waals surface area contributed by atoms with E-state index >= 15 is 0 Å². The smallest absolute Gasteiger partial charge is 0.227 e. The van der Waals surface area contributed by atoms with E-state index in [-0.39, 0.29) is 24.3 Å². The monoisotopic (exact) mass is 417 g/mol. The number of hydrogen-bond donors (Lipinski definition) is 1. The molecule has 2 amide bonds. The number of ether oxygens (including phenoxy) is 2. The van der Waals surface area contributed by atoms with Gasteiger partial charge in [-0.05, 0) is 37.7 Å². The Balaban J connectivity index is 1.68. The van der Waals surface area contributed by atoms with Gasteiger partial charge in [-0.3, -0.25) is 9.59 Å². The number of carbonyl (C=O) groups excluding carboxylic acids is 2. The molecule has 3 rings (SSSR count). The second kappa shape index (κ2) is 9.28. The summed E-state index contributed by atoms with van der Waals surface area (Å²) in [5, 5.41) is 5.06. The van der Waals surface area contributed by atoms with E-state index in [1.807, 2.05) is 25.5 Å². The molecule has 1 N–H and O–H groups in total. The lowest BCUT2D eigenvalue weighted by molar-refractivity contribution is -0.126. The summed E-state index contributed by atoms with van der Waals surface area (Å²) in [6, 6.07) is 9.47. The molecule has 1 aromatic heterocycles. The highest BCUT2D eigenvalue weighted by Gasteiger charge is 2.36. The normalized spacial score (nSPS) is 17.5. The molecule has 2 heterocycles. The zero-order valence-corrected chi connectivity index (χ0v) is 18.0. The zero-order valence-electron chi connectivity index (χ0n) is 17.2. The second-order valence-electron chi connectivity index (χ2n) is 7.18. The number of likely N-dealkylation sites (N-methyl/N-ethyl adjacent to an activating group) is 1. The Morgan fingerprint density at radius 2 is 2.10 bits per heavy atom. The minimum Gasteiger partial charge on any atom is -0.497 e. The van der Waals surface area contributed by atoms with Crippen LogP contribution < -0.4 is 19.7 Å². The fourth-order valence-electron chi connectivity index (χ4n) is 3.48. The van der Waals surface area contributed by atoms with Crippen LogP contribution in [-0.2, 0) is 9.59 Å². The molecule has 29 heavy (non-hydrogen) atoms. The van der Waals surface area contributed by atoms with Crippen molar-refractivity contribution in [1.82, 2.24) is 10.2 Å². The van der Waals surface area contributed by atoms with Crippen LogP contribution >= 0.6 is 11.3 Å². The maximum absolute atomic E-state index is 12.8. The number of thiophene rings is 1. The number of rotatable bonds is 8. The van der Waals surface area contributed by atoms with Crippen molar-refractivity contribution < 1.29 is 19.1 Å². The van der Waals surface area contributed by atoms with Crippen molar-refractivity contribution >= 4 is 28.8 Å². The van der Waals surface area contributed by atoms with E-state index in [1.165, 1.54) is 4.88 Å². The Morgan fingerprint density at radius 1 is 1.31 bits per heavy atom. The van der Waals surface area contributed by atoms with Gasteiger partial charge in [0.05, 0.1) is 31.9 Å². The number of carbonyl (C=O) groups is 2. The van der Waals surface area contributed by atoms with Crippen LogP contribution in [0.3, 0.4) is 0 Å². The quantitative estimate of drug-likeness (QED) is 0.715. The molecule has 8 heteroatoms. The highest BCUT2D eigenvalue weighted by atomic mass is 32.1. The standard InChI is InChI=1S/C21H27N3O4S/c1-23(2)17(19-6-5-9-29-19)12-22-21(26)14-10-20(25)24(13-14)16-11-15(27-3)7-8-18(16)28-4/h5-9,11,14,17H,10,12-13H2,1-4H3,(H,22,26). The lowest BCUT2D eigenvalue weighted by atomic mass is 10.1. The number of anilines is 1. The van der Waals surface area contributed by atoms with Gasteiger partial charge >= 0.3 is 0 Å². The van der Waals surface area contributed by atoms with Crippen molar-refractivity contribution in [2.24, 2.45) is 5.92 Å². The first-order chi connectivity index (χ1) is 13.9. The second-order valence-corrected chi connectivity index (χ2v) is 8.16. The highest BCUT2D eigenvalue weighted by molar-refractivity contribution is 7.10. The van der Waals surface area contributed by atoms with Gasteiger partial charge in [-0.15, -0.1) is 11.3 Å². The molecule has 2 aromatic rings. The number of amides is 2. The Labute approximate surface area is 175 Å². The SMILES string of the molecule is COc1ccc(OC)c(N2CC(C(=O)NCC(c3cccs3)N(C)C)CC2=O)c1. The molecule has 2 atom stereocenters. The van der Waals surface area contributed by atoms with E-state index < -0.39 is 5.92 Å². The van der Waals surface area contributed by atoms with Crippen molar-refractivity contribution in [3.63, 3.8) is 0 Å². The third kappa shape index (κ3) is 4.71. The van der Waals surface area contributed by atoms with Crippen LogP contribution in [-0.4, -0.2) is 58.1 Å². The van der Waals surface area contributed by atoms with Crippen LogP contribution in [0.2, 0.25) is 0 Å². The number of methoxy groups -OCH3 is 2. The van der Waals surface area contributed by atoms with E-state index in [2.05, 4.69) is 16.3 Å². The first kappa shape index (κ1) is 21.1. The van der Waals surface area contributed by atoms with Gasteiger partial charge in [0.2, 0.25) is 11.8 Å². The molecule has 0 aliphatic carbocycles. The number of hydrogen-bond acceptors (Lipinski definition) is 6. The van der Waals surface area contributed by atoms with Crippen LogP contribution in [0, 0.1) is 5.92 Å². The van der Waals surface area contributed by atoms with Crippen LogP contribution in [0.15, 0.2) is 35.7 Å². The Bertz CT molecular complexity index is 854. The molecular weight excluding hydrogens is 390 g/mol. The molecule has 156 valence electrons. The molecule has 0 radical (unpaired) electrons. The largest absolute Gasteiger partial charge is 0.497 e. The third-order valence-electron chi connectivity index (χ3n) is 5.14. The molecule has 2 unspecified atom stereocenters. The first-order valence-corrected chi connectivity index (χ1v) is 10.3. The first-order valence-electron chi connectivity index (χ1n) is 9.44. The molecule has 7 nitrogen and oxygen atoms in total. The highest BCUT2D eigenvalue weighted by Crippen LogP contribution is 2.36. The molecule has 0 bridgehead atoms. The van der Waals surface area contributed by atoms with Crippen molar-refractivity contribution in [2.45, 2.75) is 12.5 Å².